The zero-order valence-electron chi connectivity index (χ0n) is 19.7. The van der Waals surface area contributed by atoms with Crippen LogP contribution in [0.25, 0.3) is 0 Å². The molecular weight excluding hydrogens is 368 g/mol. The number of carbonyl (C=O) groups is 1. The Bertz CT molecular complexity index is 675. The highest BCUT2D eigenvalue weighted by Crippen LogP contribution is 2.66. The molecule has 0 aromatic carbocycles. The largest absolute Gasteiger partial charge is 0.335 e. The van der Waals surface area contributed by atoms with Crippen LogP contribution >= 0.6 is 0 Å². The third-order valence-electron chi connectivity index (χ3n) is 10.7. The van der Waals surface area contributed by atoms with E-state index < -0.39 is 0 Å². The van der Waals surface area contributed by atoms with Crippen LogP contribution in [0.2, 0.25) is 0 Å². The van der Waals surface area contributed by atoms with Crippen molar-refractivity contribution in [3.63, 3.8) is 0 Å². The quantitative estimate of drug-likeness (QED) is 0.537. The molecule has 8 rings (SSSR count). The summed E-state index contributed by atoms with van der Waals surface area (Å²) in [7, 11) is 0. The summed E-state index contributed by atoms with van der Waals surface area (Å²) >= 11 is 0. The lowest BCUT2D eigenvalue weighted by molar-refractivity contribution is -0.113. The van der Waals surface area contributed by atoms with Gasteiger partial charge in [0.25, 0.3) is 0 Å². The Morgan fingerprint density at radius 3 is 1.90 bits per heavy atom. The first-order valence-electron chi connectivity index (χ1n) is 13.3. The number of carbonyl (C=O) groups excluding carboxylic acids is 1. The van der Waals surface area contributed by atoms with Crippen LogP contribution in [0.1, 0.15) is 111 Å². The highest BCUT2D eigenvalue weighted by Gasteiger charge is 2.60. The molecule has 0 spiro atoms. The van der Waals surface area contributed by atoms with Gasteiger partial charge in [0.1, 0.15) is 0 Å². The fourth-order valence-corrected chi connectivity index (χ4v) is 11.4. The summed E-state index contributed by atoms with van der Waals surface area (Å²) in [6.07, 6.45) is 18.9. The fraction of sp³-hybridized carbons (Fsp3) is 0.963. The van der Waals surface area contributed by atoms with Crippen LogP contribution in [0.3, 0.4) is 0 Å². The van der Waals surface area contributed by atoms with Gasteiger partial charge in [-0.2, -0.15) is 0 Å². The molecule has 2 amide bonds. The van der Waals surface area contributed by atoms with Crippen LogP contribution in [0.5, 0.6) is 0 Å². The van der Waals surface area contributed by atoms with Gasteiger partial charge in [-0.05, 0) is 130 Å². The summed E-state index contributed by atoms with van der Waals surface area (Å²) in [5.74, 6) is 3.81. The molecule has 0 aromatic heterocycles. The van der Waals surface area contributed by atoms with Crippen LogP contribution in [0.4, 0.5) is 4.79 Å². The van der Waals surface area contributed by atoms with Gasteiger partial charge in [-0.1, -0.05) is 20.8 Å². The van der Waals surface area contributed by atoms with Crippen molar-refractivity contribution < 1.29 is 4.79 Å². The predicted octanol–water partition coefficient (Wildman–Crippen LogP) is 6.42. The first-order chi connectivity index (χ1) is 14.2. The van der Waals surface area contributed by atoms with Crippen molar-refractivity contribution in [2.45, 2.75) is 122 Å². The first-order valence-corrected chi connectivity index (χ1v) is 13.3. The zero-order valence-corrected chi connectivity index (χ0v) is 19.7. The average Bonchev–Trinajstić information content (AvgIpc) is 2.55. The van der Waals surface area contributed by atoms with Gasteiger partial charge < -0.3 is 10.6 Å². The van der Waals surface area contributed by atoms with Crippen molar-refractivity contribution in [1.82, 2.24) is 10.6 Å². The van der Waals surface area contributed by atoms with Crippen molar-refractivity contribution in [3.05, 3.63) is 0 Å². The van der Waals surface area contributed by atoms with E-state index >= 15 is 0 Å². The van der Waals surface area contributed by atoms with Crippen LogP contribution in [-0.2, 0) is 0 Å². The minimum atomic E-state index is 0.0615. The summed E-state index contributed by atoms with van der Waals surface area (Å²) < 4.78 is 0. The molecule has 168 valence electrons. The van der Waals surface area contributed by atoms with Crippen LogP contribution in [0.15, 0.2) is 0 Å². The molecule has 30 heavy (non-hydrogen) atoms. The monoisotopic (exact) mass is 412 g/mol. The highest BCUT2D eigenvalue weighted by molar-refractivity contribution is 5.75. The lowest BCUT2D eigenvalue weighted by Gasteiger charge is -2.65. The van der Waals surface area contributed by atoms with Gasteiger partial charge in [0.2, 0.25) is 0 Å². The normalized spacial score (nSPS) is 53.7. The van der Waals surface area contributed by atoms with Gasteiger partial charge in [0, 0.05) is 11.6 Å². The maximum atomic E-state index is 13.3. The Balaban J connectivity index is 1.12. The molecule has 0 aliphatic heterocycles. The molecule has 2 N–H and O–H groups in total. The Kier molecular flexibility index (Phi) is 4.26. The summed E-state index contributed by atoms with van der Waals surface area (Å²) in [5.41, 5.74) is 1.51. The molecule has 0 radical (unpaired) electrons. The molecule has 0 heterocycles. The molecule has 0 aromatic rings. The Morgan fingerprint density at radius 1 is 0.833 bits per heavy atom. The lowest BCUT2D eigenvalue weighted by Crippen LogP contribution is -2.66. The van der Waals surface area contributed by atoms with Crippen LogP contribution in [0, 0.1) is 39.9 Å². The second-order valence-corrected chi connectivity index (χ2v) is 14.2. The van der Waals surface area contributed by atoms with E-state index in [2.05, 4.69) is 31.4 Å². The smallest absolute Gasteiger partial charge is 0.315 e. The number of hydrogen-bond donors (Lipinski definition) is 2. The van der Waals surface area contributed by atoms with Crippen LogP contribution in [-0.4, -0.2) is 17.6 Å². The van der Waals surface area contributed by atoms with E-state index in [1.807, 2.05) is 0 Å². The molecule has 8 saturated carbocycles. The minimum Gasteiger partial charge on any atom is -0.335 e. The van der Waals surface area contributed by atoms with E-state index in [-0.39, 0.29) is 11.6 Å². The number of urea groups is 1. The van der Waals surface area contributed by atoms with E-state index in [0.717, 1.165) is 30.1 Å². The standard InChI is InChI=1S/C27H44N2O/c1-4-22(14-26-10-18-5-19(11-26)7-20(6-18)12-26)28-23(30)29-27-13-21-8-24(2,16-27)15-25(3,9-21)17-27/h18-22H,4-17H2,1-3H3,(H2,28,29,30). The van der Waals surface area contributed by atoms with Crippen molar-refractivity contribution in [2.24, 2.45) is 39.9 Å². The van der Waals surface area contributed by atoms with Gasteiger partial charge in [0.05, 0.1) is 0 Å². The molecule has 3 nitrogen and oxygen atoms in total. The van der Waals surface area contributed by atoms with Crippen LogP contribution < -0.4 is 10.6 Å². The maximum Gasteiger partial charge on any atom is 0.315 e. The van der Waals surface area contributed by atoms with Gasteiger partial charge in [-0.25, -0.2) is 4.79 Å². The molecular formula is C27H44N2O. The van der Waals surface area contributed by atoms with Gasteiger partial charge in [-0.3, -0.25) is 0 Å². The summed E-state index contributed by atoms with van der Waals surface area (Å²) in [6, 6.07) is 0.488. The zero-order chi connectivity index (χ0) is 20.8. The molecule has 8 aliphatic carbocycles. The van der Waals surface area contributed by atoms with Crippen molar-refractivity contribution in [1.29, 1.82) is 0 Å². The summed E-state index contributed by atoms with van der Waals surface area (Å²) in [6.45, 7) is 7.26. The third kappa shape index (κ3) is 3.32. The highest BCUT2D eigenvalue weighted by atomic mass is 16.2. The van der Waals surface area contributed by atoms with E-state index in [4.69, 9.17) is 0 Å². The fourth-order valence-electron chi connectivity index (χ4n) is 11.4. The van der Waals surface area contributed by atoms with Crippen molar-refractivity contribution in [3.8, 4) is 0 Å². The predicted molar refractivity (Wildman–Crippen MR) is 121 cm³/mol. The third-order valence-corrected chi connectivity index (χ3v) is 10.7. The molecule has 0 saturated heterocycles. The number of nitrogens with one attached hydrogen (secondary N) is 2. The maximum absolute atomic E-state index is 13.3. The van der Waals surface area contributed by atoms with Gasteiger partial charge in [-0.15, -0.1) is 0 Å². The average molecular weight is 413 g/mol. The molecule has 8 fully saturated rings. The molecule has 8 aliphatic rings. The molecule has 3 unspecified atom stereocenters. The number of amides is 2. The lowest BCUT2D eigenvalue weighted by atomic mass is 9.43. The SMILES string of the molecule is CCC(CC12CC3CC(CC(C3)C1)C2)NC(=O)NC12CC3CC(C)(CC(C)(C3)C1)C2. The van der Waals surface area contributed by atoms with E-state index in [0.29, 0.717) is 22.3 Å². The van der Waals surface area contributed by atoms with Gasteiger partial charge in [0.15, 0.2) is 0 Å². The Labute approximate surface area is 183 Å². The Hall–Kier alpha value is -0.730. The number of hydrogen-bond acceptors (Lipinski definition) is 1. The molecule has 8 bridgehead atoms. The topological polar surface area (TPSA) is 41.1 Å². The number of rotatable bonds is 5. The minimum absolute atomic E-state index is 0.0615. The summed E-state index contributed by atoms with van der Waals surface area (Å²) in [5, 5.41) is 7.09. The van der Waals surface area contributed by atoms with Crippen molar-refractivity contribution in [2.75, 3.05) is 0 Å². The van der Waals surface area contributed by atoms with Crippen molar-refractivity contribution >= 4 is 6.03 Å². The van der Waals surface area contributed by atoms with E-state index in [9.17, 15) is 4.79 Å². The Morgan fingerprint density at radius 2 is 1.40 bits per heavy atom. The molecule has 3 heteroatoms. The second-order valence-electron chi connectivity index (χ2n) is 14.2. The first kappa shape index (κ1) is 19.9. The summed E-state index contributed by atoms with van der Waals surface area (Å²) in [4.78, 5) is 13.3. The van der Waals surface area contributed by atoms with Gasteiger partial charge >= 0.3 is 6.03 Å². The van der Waals surface area contributed by atoms with E-state index in [1.165, 1.54) is 83.5 Å². The second kappa shape index (κ2) is 6.41. The van der Waals surface area contributed by atoms with E-state index in [1.54, 1.807) is 0 Å². The molecule has 3 atom stereocenters.